The molecule has 0 unspecified atom stereocenters. The van der Waals surface area contributed by atoms with Crippen LogP contribution in [0.3, 0.4) is 0 Å². The van der Waals surface area contributed by atoms with E-state index < -0.39 is 0 Å². The first-order valence-electron chi connectivity index (χ1n) is 4.95. The van der Waals surface area contributed by atoms with Gasteiger partial charge in [-0.1, -0.05) is 18.2 Å². The summed E-state index contributed by atoms with van der Waals surface area (Å²) in [7, 11) is 0. The van der Waals surface area contributed by atoms with Gasteiger partial charge in [0.15, 0.2) is 0 Å². The smallest absolute Gasteiger partial charge is 0.0574 e. The molecule has 3 N–H and O–H groups in total. The van der Waals surface area contributed by atoms with Gasteiger partial charge in [0, 0.05) is 6.54 Å². The predicted octanol–water partition coefficient (Wildman–Crippen LogP) is 2.96. The maximum absolute atomic E-state index is 5.86. The number of hydrogen-bond donors (Lipinski definition) is 2. The molecule has 0 saturated heterocycles. The van der Waals surface area contributed by atoms with Crippen molar-refractivity contribution < 1.29 is 0 Å². The van der Waals surface area contributed by atoms with Gasteiger partial charge in [0.05, 0.1) is 11.4 Å². The normalized spacial score (nSPS) is 10.7. The fourth-order valence-corrected chi connectivity index (χ4v) is 1.30. The molecular weight excluding hydrogens is 172 g/mol. The molecule has 0 spiro atoms. The predicted molar refractivity (Wildman–Crippen MR) is 63.5 cm³/mol. The highest BCUT2D eigenvalue weighted by molar-refractivity contribution is 5.66. The lowest BCUT2D eigenvalue weighted by atomic mass is 10.2. The molecule has 0 heterocycles. The van der Waals surface area contributed by atoms with E-state index in [1.165, 1.54) is 5.56 Å². The minimum Gasteiger partial charge on any atom is -0.397 e. The molecule has 0 bridgehead atoms. The summed E-state index contributed by atoms with van der Waals surface area (Å²) in [6, 6.07) is 6.08. The van der Waals surface area contributed by atoms with Crippen LogP contribution in [0, 0.1) is 6.92 Å². The largest absolute Gasteiger partial charge is 0.397 e. The molecule has 76 valence electrons. The Balaban J connectivity index is 2.50. The van der Waals surface area contributed by atoms with Crippen molar-refractivity contribution >= 4 is 11.4 Å². The molecule has 14 heavy (non-hydrogen) atoms. The summed E-state index contributed by atoms with van der Waals surface area (Å²) in [4.78, 5) is 0. The first-order chi connectivity index (χ1) is 6.74. The molecule has 0 amide bonds. The Bertz CT molecular complexity index is 316. The summed E-state index contributed by atoms with van der Waals surface area (Å²) in [6.45, 7) is 5.00. The van der Waals surface area contributed by atoms with Crippen LogP contribution in [0.2, 0.25) is 0 Å². The molecule has 1 aromatic carbocycles. The zero-order valence-corrected chi connectivity index (χ0v) is 8.88. The number of benzene rings is 1. The molecule has 1 rings (SSSR count). The van der Waals surface area contributed by atoms with Crippen molar-refractivity contribution in [2.24, 2.45) is 0 Å². The summed E-state index contributed by atoms with van der Waals surface area (Å²) < 4.78 is 0. The summed E-state index contributed by atoms with van der Waals surface area (Å²) in [6.07, 6.45) is 5.22. The van der Waals surface area contributed by atoms with Crippen molar-refractivity contribution in [3.8, 4) is 0 Å². The van der Waals surface area contributed by atoms with Crippen LogP contribution in [0.25, 0.3) is 0 Å². The average Bonchev–Trinajstić information content (AvgIpc) is 2.15. The Labute approximate surface area is 85.8 Å². The van der Waals surface area contributed by atoms with E-state index in [0.717, 1.165) is 24.3 Å². The zero-order chi connectivity index (χ0) is 10.4. The van der Waals surface area contributed by atoms with Crippen molar-refractivity contribution in [1.29, 1.82) is 0 Å². The second kappa shape index (κ2) is 5.32. The maximum Gasteiger partial charge on any atom is 0.0574 e. The van der Waals surface area contributed by atoms with Crippen LogP contribution in [0.4, 0.5) is 11.4 Å². The minimum absolute atomic E-state index is 0.825. The Morgan fingerprint density at radius 1 is 1.43 bits per heavy atom. The maximum atomic E-state index is 5.86. The van der Waals surface area contributed by atoms with Gasteiger partial charge in [-0.2, -0.15) is 0 Å². The van der Waals surface area contributed by atoms with E-state index in [1.54, 1.807) is 0 Å². The molecule has 2 nitrogen and oxygen atoms in total. The SMILES string of the molecule is C/C=C/CCNc1ccc(C)cc1N. The number of nitrogens with one attached hydrogen (secondary N) is 1. The first kappa shape index (κ1) is 10.6. The highest BCUT2D eigenvalue weighted by atomic mass is 14.9. The number of allylic oxidation sites excluding steroid dienone is 1. The van der Waals surface area contributed by atoms with E-state index in [2.05, 4.69) is 23.5 Å². The van der Waals surface area contributed by atoms with Gasteiger partial charge >= 0.3 is 0 Å². The topological polar surface area (TPSA) is 38.0 Å². The second-order valence-corrected chi connectivity index (χ2v) is 3.38. The lowest BCUT2D eigenvalue weighted by Crippen LogP contribution is -2.03. The average molecular weight is 190 g/mol. The molecule has 0 aliphatic carbocycles. The van der Waals surface area contributed by atoms with Crippen LogP contribution in [0.1, 0.15) is 18.9 Å². The van der Waals surface area contributed by atoms with E-state index in [4.69, 9.17) is 5.73 Å². The second-order valence-electron chi connectivity index (χ2n) is 3.38. The van der Waals surface area contributed by atoms with Crippen molar-refractivity contribution in [3.05, 3.63) is 35.9 Å². The third-order valence-electron chi connectivity index (χ3n) is 2.07. The highest BCUT2D eigenvalue weighted by Crippen LogP contribution is 2.18. The fraction of sp³-hybridized carbons (Fsp3) is 0.333. The van der Waals surface area contributed by atoms with Gasteiger partial charge in [-0.15, -0.1) is 0 Å². The molecule has 0 aromatic heterocycles. The van der Waals surface area contributed by atoms with Crippen molar-refractivity contribution in [2.45, 2.75) is 20.3 Å². The third kappa shape index (κ3) is 3.13. The molecule has 0 atom stereocenters. The van der Waals surface area contributed by atoms with Crippen LogP contribution in [-0.2, 0) is 0 Å². The lowest BCUT2D eigenvalue weighted by molar-refractivity contribution is 1.06. The number of nitrogen functional groups attached to an aromatic ring is 1. The fourth-order valence-electron chi connectivity index (χ4n) is 1.30. The summed E-state index contributed by atoms with van der Waals surface area (Å²) >= 11 is 0. The van der Waals surface area contributed by atoms with Gasteiger partial charge < -0.3 is 11.1 Å². The third-order valence-corrected chi connectivity index (χ3v) is 2.07. The number of aryl methyl sites for hydroxylation is 1. The van der Waals surface area contributed by atoms with Crippen molar-refractivity contribution in [2.75, 3.05) is 17.6 Å². The van der Waals surface area contributed by atoms with E-state index >= 15 is 0 Å². The number of hydrogen-bond acceptors (Lipinski definition) is 2. The lowest BCUT2D eigenvalue weighted by Gasteiger charge is -2.08. The Morgan fingerprint density at radius 2 is 2.21 bits per heavy atom. The summed E-state index contributed by atoms with van der Waals surface area (Å²) in [5.74, 6) is 0. The number of nitrogens with two attached hydrogens (primary N) is 1. The van der Waals surface area contributed by atoms with Gasteiger partial charge in [-0.05, 0) is 38.0 Å². The molecule has 2 heteroatoms. The first-order valence-corrected chi connectivity index (χ1v) is 4.95. The number of anilines is 2. The summed E-state index contributed by atoms with van der Waals surface area (Å²) in [5, 5.41) is 3.30. The Kier molecular flexibility index (Phi) is 4.05. The van der Waals surface area contributed by atoms with Crippen LogP contribution < -0.4 is 11.1 Å². The zero-order valence-electron chi connectivity index (χ0n) is 8.88. The van der Waals surface area contributed by atoms with Gasteiger partial charge in [-0.25, -0.2) is 0 Å². The standard InChI is InChI=1S/C12H18N2/c1-3-4-5-8-14-12-7-6-10(2)9-11(12)13/h3-4,6-7,9,14H,5,8,13H2,1-2H3/b4-3+. The molecule has 0 aliphatic heterocycles. The van der Waals surface area contributed by atoms with Gasteiger partial charge in [0.2, 0.25) is 0 Å². The van der Waals surface area contributed by atoms with Gasteiger partial charge in [0.1, 0.15) is 0 Å². The Hall–Kier alpha value is -1.44. The van der Waals surface area contributed by atoms with E-state index in [0.29, 0.717) is 0 Å². The van der Waals surface area contributed by atoms with Crippen LogP contribution in [0.15, 0.2) is 30.4 Å². The molecule has 0 fully saturated rings. The molecular formula is C12H18N2. The van der Waals surface area contributed by atoms with E-state index in [1.807, 2.05) is 26.0 Å². The molecule has 0 radical (unpaired) electrons. The molecule has 0 aliphatic rings. The van der Waals surface area contributed by atoms with Crippen LogP contribution in [0.5, 0.6) is 0 Å². The molecule has 1 aromatic rings. The van der Waals surface area contributed by atoms with Gasteiger partial charge in [-0.3, -0.25) is 0 Å². The highest BCUT2D eigenvalue weighted by Gasteiger charge is 1.96. The summed E-state index contributed by atoms with van der Waals surface area (Å²) in [5.41, 5.74) is 8.90. The van der Waals surface area contributed by atoms with Crippen molar-refractivity contribution in [3.63, 3.8) is 0 Å². The van der Waals surface area contributed by atoms with E-state index in [-0.39, 0.29) is 0 Å². The Morgan fingerprint density at radius 3 is 2.86 bits per heavy atom. The van der Waals surface area contributed by atoms with Gasteiger partial charge in [0.25, 0.3) is 0 Å². The van der Waals surface area contributed by atoms with Crippen LogP contribution >= 0.6 is 0 Å². The number of rotatable bonds is 4. The minimum atomic E-state index is 0.825. The quantitative estimate of drug-likeness (QED) is 0.435. The molecule has 0 saturated carbocycles. The van der Waals surface area contributed by atoms with Crippen molar-refractivity contribution in [1.82, 2.24) is 0 Å². The monoisotopic (exact) mass is 190 g/mol. The van der Waals surface area contributed by atoms with E-state index in [9.17, 15) is 0 Å². The van der Waals surface area contributed by atoms with Crippen LogP contribution in [-0.4, -0.2) is 6.54 Å².